The van der Waals surface area contributed by atoms with E-state index in [0.29, 0.717) is 45.4 Å². The zero-order valence-corrected chi connectivity index (χ0v) is 18.2. The van der Waals surface area contributed by atoms with Crippen molar-refractivity contribution in [2.75, 3.05) is 51.7 Å². The summed E-state index contributed by atoms with van der Waals surface area (Å²) in [6, 6.07) is 10.7. The summed E-state index contributed by atoms with van der Waals surface area (Å²) in [7, 11) is -3.27. The Morgan fingerprint density at radius 1 is 1.14 bits per heavy atom. The van der Waals surface area contributed by atoms with Gasteiger partial charge in [0.2, 0.25) is 10.0 Å². The summed E-state index contributed by atoms with van der Waals surface area (Å²) in [6.07, 6.45) is 4.75. The molecule has 1 saturated heterocycles. The highest BCUT2D eigenvalue weighted by Gasteiger charge is 2.35. The van der Waals surface area contributed by atoms with Crippen LogP contribution in [0.15, 0.2) is 35.3 Å². The molecule has 1 heterocycles. The van der Waals surface area contributed by atoms with E-state index >= 15 is 0 Å². The van der Waals surface area contributed by atoms with Crippen molar-refractivity contribution in [2.24, 2.45) is 4.99 Å². The second-order valence-electron chi connectivity index (χ2n) is 7.80. The van der Waals surface area contributed by atoms with Crippen LogP contribution in [0, 0.1) is 0 Å². The monoisotopic (exact) mass is 422 g/mol. The number of ether oxygens (including phenoxy) is 1. The molecule has 7 nitrogen and oxygen atoms in total. The van der Waals surface area contributed by atoms with Crippen molar-refractivity contribution >= 4 is 16.0 Å². The van der Waals surface area contributed by atoms with Gasteiger partial charge in [-0.25, -0.2) is 8.42 Å². The fraction of sp³-hybridized carbons (Fsp3) is 0.667. The second kappa shape index (κ2) is 10.4. The van der Waals surface area contributed by atoms with E-state index in [4.69, 9.17) is 9.73 Å². The van der Waals surface area contributed by atoms with Gasteiger partial charge in [-0.05, 0) is 25.3 Å². The maximum Gasteiger partial charge on any atom is 0.215 e. The van der Waals surface area contributed by atoms with Crippen molar-refractivity contribution in [2.45, 2.75) is 38.0 Å². The summed E-state index contributed by atoms with van der Waals surface area (Å²) in [6.45, 7) is 5.62. The highest BCUT2D eigenvalue weighted by molar-refractivity contribution is 7.89. The number of benzene rings is 1. The summed E-state index contributed by atoms with van der Waals surface area (Å²) in [5.41, 5.74) is 1.44. The second-order valence-corrected chi connectivity index (χ2v) is 9.89. The van der Waals surface area contributed by atoms with Crippen molar-refractivity contribution in [1.29, 1.82) is 0 Å². The molecule has 2 N–H and O–H groups in total. The fourth-order valence-corrected chi connectivity index (χ4v) is 5.53. The minimum absolute atomic E-state index is 0.0568. The Morgan fingerprint density at radius 3 is 2.48 bits per heavy atom. The quantitative estimate of drug-likeness (QED) is 0.492. The van der Waals surface area contributed by atoms with Gasteiger partial charge in [0.05, 0.1) is 25.5 Å². The van der Waals surface area contributed by atoms with Gasteiger partial charge in [-0.3, -0.25) is 4.99 Å². The van der Waals surface area contributed by atoms with Crippen LogP contribution in [0.2, 0.25) is 0 Å². The van der Waals surface area contributed by atoms with Crippen LogP contribution in [0.5, 0.6) is 0 Å². The Bertz CT molecular complexity index is 755. The Hall–Kier alpha value is -1.64. The van der Waals surface area contributed by atoms with Gasteiger partial charge in [0.1, 0.15) is 0 Å². The van der Waals surface area contributed by atoms with Crippen LogP contribution in [-0.2, 0) is 20.2 Å². The van der Waals surface area contributed by atoms with Crippen molar-refractivity contribution in [1.82, 2.24) is 14.9 Å². The molecule has 29 heavy (non-hydrogen) atoms. The first-order valence-electron chi connectivity index (χ1n) is 10.7. The zero-order valence-electron chi connectivity index (χ0n) is 17.4. The molecule has 0 spiro atoms. The number of hydrogen-bond acceptors (Lipinski definition) is 4. The zero-order chi connectivity index (χ0) is 20.6. The molecular formula is C21H34N4O3S. The average Bonchev–Trinajstić information content (AvgIpc) is 3.23. The van der Waals surface area contributed by atoms with E-state index in [2.05, 4.69) is 41.0 Å². The standard InChI is InChI=1S/C21H34N4O3S/c1-2-22-20(23-12-17-29(26,27)25-13-15-28-16-14-25)24-18-21(10-6-7-11-21)19-8-4-3-5-9-19/h3-5,8-9H,2,6-7,10-18H2,1H3,(H2,22,23,24). The largest absolute Gasteiger partial charge is 0.379 e. The number of rotatable bonds is 8. The van der Waals surface area contributed by atoms with E-state index in [-0.39, 0.29) is 11.2 Å². The third-order valence-corrected chi connectivity index (χ3v) is 7.72. The molecule has 1 aliphatic carbocycles. The lowest BCUT2D eigenvalue weighted by Crippen LogP contribution is -2.45. The van der Waals surface area contributed by atoms with Crippen LogP contribution in [0.1, 0.15) is 38.2 Å². The first-order valence-corrected chi connectivity index (χ1v) is 12.3. The van der Waals surface area contributed by atoms with Gasteiger partial charge < -0.3 is 15.4 Å². The van der Waals surface area contributed by atoms with Gasteiger partial charge in [-0.2, -0.15) is 4.31 Å². The molecule has 0 bridgehead atoms. The number of morpholine rings is 1. The molecule has 0 amide bonds. The minimum atomic E-state index is -3.27. The molecule has 2 aliphatic rings. The Morgan fingerprint density at radius 2 is 1.83 bits per heavy atom. The number of sulfonamides is 1. The summed E-state index contributed by atoms with van der Waals surface area (Å²) >= 11 is 0. The first-order chi connectivity index (χ1) is 14.1. The van der Waals surface area contributed by atoms with Crippen LogP contribution in [0.4, 0.5) is 0 Å². The van der Waals surface area contributed by atoms with Crippen molar-refractivity contribution < 1.29 is 13.2 Å². The Labute approximate surface area is 175 Å². The normalized spacial score (nSPS) is 20.5. The van der Waals surface area contributed by atoms with Crippen LogP contribution < -0.4 is 10.6 Å². The van der Waals surface area contributed by atoms with E-state index in [1.54, 1.807) is 0 Å². The predicted octanol–water partition coefficient (Wildman–Crippen LogP) is 1.72. The van der Waals surface area contributed by atoms with Gasteiger partial charge in [0, 0.05) is 31.6 Å². The molecule has 1 aromatic rings. The van der Waals surface area contributed by atoms with Crippen LogP contribution in [-0.4, -0.2) is 70.4 Å². The topological polar surface area (TPSA) is 83.0 Å². The van der Waals surface area contributed by atoms with E-state index < -0.39 is 10.0 Å². The lowest BCUT2D eigenvalue weighted by molar-refractivity contribution is 0.0730. The van der Waals surface area contributed by atoms with Gasteiger partial charge >= 0.3 is 0 Å². The smallest absolute Gasteiger partial charge is 0.215 e. The summed E-state index contributed by atoms with van der Waals surface area (Å²) in [4.78, 5) is 4.84. The van der Waals surface area contributed by atoms with E-state index in [0.717, 1.165) is 19.4 Å². The van der Waals surface area contributed by atoms with Gasteiger partial charge in [0.25, 0.3) is 0 Å². The van der Waals surface area contributed by atoms with Crippen molar-refractivity contribution in [3.05, 3.63) is 35.9 Å². The fourth-order valence-electron chi connectivity index (χ4n) is 4.21. The third-order valence-electron chi connectivity index (χ3n) is 5.85. The maximum atomic E-state index is 12.5. The lowest BCUT2D eigenvalue weighted by atomic mass is 9.79. The SMILES string of the molecule is CCNC(=NCC1(c2ccccc2)CCCC1)NCCS(=O)(=O)N1CCOCC1. The molecule has 0 unspecified atom stereocenters. The molecule has 3 rings (SSSR count). The van der Waals surface area contributed by atoms with E-state index in [9.17, 15) is 8.42 Å². The highest BCUT2D eigenvalue weighted by atomic mass is 32.2. The van der Waals surface area contributed by atoms with Gasteiger partial charge in [-0.1, -0.05) is 43.2 Å². The molecule has 1 aromatic carbocycles. The van der Waals surface area contributed by atoms with Crippen LogP contribution in [0.3, 0.4) is 0 Å². The predicted molar refractivity (Wildman–Crippen MR) is 117 cm³/mol. The van der Waals surface area contributed by atoms with E-state index in [1.807, 2.05) is 6.92 Å². The number of hydrogen-bond donors (Lipinski definition) is 2. The summed E-state index contributed by atoms with van der Waals surface area (Å²) in [5, 5.41) is 6.46. The summed E-state index contributed by atoms with van der Waals surface area (Å²) in [5.74, 6) is 0.744. The van der Waals surface area contributed by atoms with Crippen molar-refractivity contribution in [3.8, 4) is 0 Å². The lowest BCUT2D eigenvalue weighted by Gasteiger charge is -2.28. The maximum absolute atomic E-state index is 12.5. The first kappa shape index (κ1) is 22.1. The van der Waals surface area contributed by atoms with Gasteiger partial charge in [0.15, 0.2) is 5.96 Å². The average molecular weight is 423 g/mol. The summed E-state index contributed by atoms with van der Waals surface area (Å²) < 4.78 is 31.8. The third kappa shape index (κ3) is 5.93. The Kier molecular flexibility index (Phi) is 7.91. The molecule has 0 atom stereocenters. The number of nitrogens with zero attached hydrogens (tertiary/aromatic N) is 2. The Balaban J connectivity index is 1.60. The van der Waals surface area contributed by atoms with Crippen molar-refractivity contribution in [3.63, 3.8) is 0 Å². The number of guanidine groups is 1. The molecular weight excluding hydrogens is 388 g/mol. The molecule has 1 saturated carbocycles. The highest BCUT2D eigenvalue weighted by Crippen LogP contribution is 2.41. The van der Waals surface area contributed by atoms with E-state index in [1.165, 1.54) is 22.7 Å². The molecule has 0 aromatic heterocycles. The molecule has 162 valence electrons. The molecule has 0 radical (unpaired) electrons. The van der Waals surface area contributed by atoms with Crippen LogP contribution in [0.25, 0.3) is 0 Å². The molecule has 2 fully saturated rings. The molecule has 8 heteroatoms. The number of aliphatic imine (C=N–C) groups is 1. The molecule has 1 aliphatic heterocycles. The van der Waals surface area contributed by atoms with Gasteiger partial charge in [-0.15, -0.1) is 0 Å². The van der Waals surface area contributed by atoms with Crippen LogP contribution >= 0.6 is 0 Å². The minimum Gasteiger partial charge on any atom is -0.379 e. The number of nitrogens with one attached hydrogen (secondary N) is 2.